The summed E-state index contributed by atoms with van der Waals surface area (Å²) >= 11 is 0. The van der Waals surface area contributed by atoms with Crippen LogP contribution in [0.1, 0.15) is 53.9 Å². The monoisotopic (exact) mass is 377 g/mol. The van der Waals surface area contributed by atoms with Gasteiger partial charge in [-0.25, -0.2) is 4.79 Å². The van der Waals surface area contributed by atoms with Gasteiger partial charge in [-0.3, -0.25) is 4.79 Å². The molecule has 0 saturated carbocycles. The van der Waals surface area contributed by atoms with E-state index in [1.165, 1.54) is 0 Å². The minimum atomic E-state index is -0.349. The Morgan fingerprint density at radius 2 is 1.89 bits per heavy atom. The standard InChI is InChI=1S/C19H32BN3O4/c1-17(2)18(3,4)27-20(26-17)14-7-10-23(11-8-14)16(25)22-13-19(5)9-6-15(24)21-12-19/h7H,6,8-13H2,1-5H3,(H,21,24)(H,22,25). The largest absolute Gasteiger partial charge is 0.490 e. The summed E-state index contributed by atoms with van der Waals surface area (Å²) in [6.07, 6.45) is 4.12. The minimum absolute atomic E-state index is 0.0580. The lowest BCUT2D eigenvalue weighted by Gasteiger charge is -2.35. The number of piperidine rings is 1. The highest BCUT2D eigenvalue weighted by Gasteiger charge is 2.52. The van der Waals surface area contributed by atoms with Crippen molar-refractivity contribution in [3.05, 3.63) is 11.5 Å². The third-order valence-corrected chi connectivity index (χ3v) is 6.42. The van der Waals surface area contributed by atoms with Gasteiger partial charge >= 0.3 is 13.1 Å². The van der Waals surface area contributed by atoms with Crippen LogP contribution in [0.5, 0.6) is 0 Å². The highest BCUT2D eigenvalue weighted by molar-refractivity contribution is 6.54. The fraction of sp³-hybridized carbons (Fsp3) is 0.789. The molecule has 0 radical (unpaired) electrons. The molecule has 0 aromatic rings. The molecule has 1 unspecified atom stereocenters. The molecule has 2 N–H and O–H groups in total. The number of carbonyl (C=O) groups excluding carboxylic acids is 2. The van der Waals surface area contributed by atoms with Gasteiger partial charge in [0.15, 0.2) is 0 Å². The second-order valence-electron chi connectivity index (χ2n) is 9.31. The second kappa shape index (κ2) is 7.13. The van der Waals surface area contributed by atoms with Crippen LogP contribution in [0, 0.1) is 5.41 Å². The summed E-state index contributed by atoms with van der Waals surface area (Å²) in [6.45, 7) is 12.7. The number of amides is 3. The van der Waals surface area contributed by atoms with Crippen LogP contribution in [0.25, 0.3) is 0 Å². The quantitative estimate of drug-likeness (QED) is 0.736. The van der Waals surface area contributed by atoms with E-state index in [0.29, 0.717) is 32.6 Å². The molecule has 0 aromatic heterocycles. The fourth-order valence-corrected chi connectivity index (χ4v) is 3.53. The maximum atomic E-state index is 12.5. The zero-order chi connectivity index (χ0) is 19.9. The molecule has 0 bridgehead atoms. The zero-order valence-electron chi connectivity index (χ0n) is 17.2. The van der Waals surface area contributed by atoms with E-state index in [1.54, 1.807) is 4.90 Å². The van der Waals surface area contributed by atoms with Gasteiger partial charge in [-0.15, -0.1) is 0 Å². The Bertz CT molecular complexity index is 621. The molecule has 3 aliphatic rings. The van der Waals surface area contributed by atoms with Gasteiger partial charge in [-0.2, -0.15) is 0 Å². The van der Waals surface area contributed by atoms with Crippen LogP contribution in [0.15, 0.2) is 11.5 Å². The van der Waals surface area contributed by atoms with Crippen molar-refractivity contribution in [2.75, 3.05) is 26.2 Å². The Balaban J connectivity index is 1.50. The van der Waals surface area contributed by atoms with Gasteiger partial charge in [0.25, 0.3) is 0 Å². The molecular weight excluding hydrogens is 345 g/mol. The summed E-state index contributed by atoms with van der Waals surface area (Å²) in [5, 5.41) is 5.92. The first kappa shape index (κ1) is 20.2. The SMILES string of the molecule is CC1(CNC(=O)N2CC=C(B3OC(C)(C)C(C)(C)O3)CC2)CCC(=O)NC1. The van der Waals surface area contributed by atoms with Crippen LogP contribution in [-0.4, -0.2) is 61.3 Å². The van der Waals surface area contributed by atoms with Gasteiger partial charge in [-0.05, 0) is 46.0 Å². The van der Waals surface area contributed by atoms with Crippen LogP contribution in [-0.2, 0) is 14.1 Å². The zero-order valence-corrected chi connectivity index (χ0v) is 17.2. The molecule has 3 heterocycles. The number of nitrogens with one attached hydrogen (secondary N) is 2. The van der Waals surface area contributed by atoms with E-state index < -0.39 is 0 Å². The summed E-state index contributed by atoms with van der Waals surface area (Å²) in [5.74, 6) is 0.0928. The van der Waals surface area contributed by atoms with E-state index >= 15 is 0 Å². The number of rotatable bonds is 3. The first-order chi connectivity index (χ1) is 12.5. The van der Waals surface area contributed by atoms with Gasteiger partial charge < -0.3 is 24.8 Å². The van der Waals surface area contributed by atoms with Crippen LogP contribution in [0.3, 0.4) is 0 Å². The summed E-state index contributed by atoms with van der Waals surface area (Å²) in [6, 6.07) is -0.0580. The molecule has 3 amide bonds. The maximum absolute atomic E-state index is 12.5. The molecule has 27 heavy (non-hydrogen) atoms. The molecule has 1 atom stereocenters. The molecule has 8 heteroatoms. The fourth-order valence-electron chi connectivity index (χ4n) is 3.53. The summed E-state index contributed by atoms with van der Waals surface area (Å²) in [4.78, 5) is 25.6. The molecule has 0 aliphatic carbocycles. The predicted octanol–water partition coefficient (Wildman–Crippen LogP) is 1.88. The lowest BCUT2D eigenvalue weighted by Crippen LogP contribution is -2.51. The normalized spacial score (nSPS) is 30.0. The van der Waals surface area contributed by atoms with Crippen molar-refractivity contribution >= 4 is 19.1 Å². The first-order valence-corrected chi connectivity index (χ1v) is 9.85. The smallest absolute Gasteiger partial charge is 0.400 e. The Morgan fingerprint density at radius 1 is 1.22 bits per heavy atom. The molecular formula is C19H32BN3O4. The van der Waals surface area contributed by atoms with Crippen LogP contribution >= 0.6 is 0 Å². The van der Waals surface area contributed by atoms with E-state index in [1.807, 2.05) is 33.8 Å². The van der Waals surface area contributed by atoms with Gasteiger partial charge in [0.05, 0.1) is 11.2 Å². The Kier molecular flexibility index (Phi) is 5.34. The van der Waals surface area contributed by atoms with Crippen molar-refractivity contribution < 1.29 is 18.9 Å². The van der Waals surface area contributed by atoms with Gasteiger partial charge in [0.2, 0.25) is 5.91 Å². The van der Waals surface area contributed by atoms with E-state index in [0.717, 1.165) is 18.3 Å². The third kappa shape index (κ3) is 4.32. The van der Waals surface area contributed by atoms with Crippen molar-refractivity contribution in [1.29, 1.82) is 0 Å². The highest BCUT2D eigenvalue weighted by Crippen LogP contribution is 2.39. The van der Waals surface area contributed by atoms with Gasteiger partial charge in [0.1, 0.15) is 0 Å². The number of carbonyl (C=O) groups is 2. The Labute approximate surface area is 162 Å². The van der Waals surface area contributed by atoms with E-state index in [-0.39, 0.29) is 35.7 Å². The van der Waals surface area contributed by atoms with E-state index in [4.69, 9.17) is 9.31 Å². The molecule has 0 spiro atoms. The number of nitrogens with zero attached hydrogens (tertiary/aromatic N) is 1. The molecule has 2 saturated heterocycles. The molecule has 150 valence electrons. The van der Waals surface area contributed by atoms with Gasteiger partial charge in [0, 0.05) is 38.0 Å². The number of hydrogen-bond acceptors (Lipinski definition) is 4. The third-order valence-electron chi connectivity index (χ3n) is 6.42. The van der Waals surface area contributed by atoms with Crippen molar-refractivity contribution in [2.45, 2.75) is 65.1 Å². The Morgan fingerprint density at radius 3 is 2.41 bits per heavy atom. The summed E-state index contributed by atoms with van der Waals surface area (Å²) in [5.41, 5.74) is 0.332. The Hall–Kier alpha value is -1.54. The second-order valence-corrected chi connectivity index (χ2v) is 9.31. The average Bonchev–Trinajstić information content (AvgIpc) is 2.84. The number of hydrogen-bond donors (Lipinski definition) is 2. The maximum Gasteiger partial charge on any atom is 0.490 e. The first-order valence-electron chi connectivity index (χ1n) is 9.85. The lowest BCUT2D eigenvalue weighted by atomic mass is 9.75. The van der Waals surface area contributed by atoms with E-state index in [9.17, 15) is 9.59 Å². The van der Waals surface area contributed by atoms with Gasteiger partial charge in [-0.1, -0.05) is 13.0 Å². The summed E-state index contributed by atoms with van der Waals surface area (Å²) in [7, 11) is -0.329. The predicted molar refractivity (Wildman–Crippen MR) is 104 cm³/mol. The molecule has 7 nitrogen and oxygen atoms in total. The molecule has 0 aromatic carbocycles. The van der Waals surface area contributed by atoms with Crippen molar-refractivity contribution in [1.82, 2.24) is 15.5 Å². The topological polar surface area (TPSA) is 79.9 Å². The molecule has 3 rings (SSSR count). The van der Waals surface area contributed by atoms with Crippen molar-refractivity contribution in [3.63, 3.8) is 0 Å². The molecule has 3 aliphatic heterocycles. The van der Waals surface area contributed by atoms with Crippen LogP contribution < -0.4 is 10.6 Å². The van der Waals surface area contributed by atoms with Crippen LogP contribution in [0.2, 0.25) is 0 Å². The number of urea groups is 1. The highest BCUT2D eigenvalue weighted by atomic mass is 16.7. The van der Waals surface area contributed by atoms with Crippen molar-refractivity contribution in [2.24, 2.45) is 5.41 Å². The summed E-state index contributed by atoms with van der Waals surface area (Å²) < 4.78 is 12.2. The minimum Gasteiger partial charge on any atom is -0.400 e. The van der Waals surface area contributed by atoms with E-state index in [2.05, 4.69) is 17.6 Å². The lowest BCUT2D eigenvalue weighted by molar-refractivity contribution is -0.124. The molecule has 2 fully saturated rings. The van der Waals surface area contributed by atoms with Crippen LogP contribution in [0.4, 0.5) is 4.79 Å². The van der Waals surface area contributed by atoms with Crippen molar-refractivity contribution in [3.8, 4) is 0 Å². The average molecular weight is 377 g/mol.